The molecule has 1 atom stereocenters. The predicted molar refractivity (Wildman–Crippen MR) is 84.7 cm³/mol. The van der Waals surface area contributed by atoms with Gasteiger partial charge in [0, 0.05) is 12.6 Å². The highest BCUT2D eigenvalue weighted by Crippen LogP contribution is 2.24. The summed E-state index contributed by atoms with van der Waals surface area (Å²) in [6.07, 6.45) is 2.33. The second-order valence-electron chi connectivity index (χ2n) is 4.99. The summed E-state index contributed by atoms with van der Waals surface area (Å²) in [7, 11) is 3.14. The van der Waals surface area contributed by atoms with E-state index in [1.165, 1.54) is 6.42 Å². The standard InChI is InChI=1S/C15H22N2O3.ClH/c1-19-12-5-6-13(14(8-12)20-2)15(18)17-10-11-4-3-7-16-9-11;/h5-6,8,11,16H,3-4,7,9-10H2,1-2H3,(H,17,18);1H. The molecule has 1 fully saturated rings. The van der Waals surface area contributed by atoms with Gasteiger partial charge >= 0.3 is 0 Å². The highest BCUT2D eigenvalue weighted by Gasteiger charge is 2.17. The van der Waals surface area contributed by atoms with E-state index in [0.29, 0.717) is 29.5 Å². The van der Waals surface area contributed by atoms with E-state index < -0.39 is 0 Å². The Balaban J connectivity index is 0.00000220. The summed E-state index contributed by atoms with van der Waals surface area (Å²) in [6, 6.07) is 5.21. The third-order valence-corrected chi connectivity index (χ3v) is 3.60. The molecule has 0 bridgehead atoms. The van der Waals surface area contributed by atoms with Crippen LogP contribution in [0.1, 0.15) is 23.2 Å². The van der Waals surface area contributed by atoms with Crippen LogP contribution in [-0.2, 0) is 0 Å². The Kier molecular flexibility index (Phi) is 7.32. The number of hydrogen-bond donors (Lipinski definition) is 2. The minimum absolute atomic E-state index is 0. The van der Waals surface area contributed by atoms with Gasteiger partial charge < -0.3 is 20.1 Å². The van der Waals surface area contributed by atoms with Crippen LogP contribution in [0, 0.1) is 5.92 Å². The van der Waals surface area contributed by atoms with Gasteiger partial charge in [0.15, 0.2) is 0 Å². The Morgan fingerprint density at radius 1 is 1.38 bits per heavy atom. The van der Waals surface area contributed by atoms with Crippen LogP contribution in [0.15, 0.2) is 18.2 Å². The molecule has 0 aliphatic carbocycles. The van der Waals surface area contributed by atoms with Crippen LogP contribution in [0.3, 0.4) is 0 Å². The molecule has 1 aliphatic rings. The molecule has 2 rings (SSSR count). The van der Waals surface area contributed by atoms with Gasteiger partial charge in [0.1, 0.15) is 11.5 Å². The van der Waals surface area contributed by atoms with Crippen LogP contribution in [0.25, 0.3) is 0 Å². The lowest BCUT2D eigenvalue weighted by Crippen LogP contribution is -2.38. The molecular formula is C15H23ClN2O3. The van der Waals surface area contributed by atoms with Gasteiger partial charge in [0.2, 0.25) is 0 Å². The number of benzene rings is 1. The van der Waals surface area contributed by atoms with Gasteiger partial charge in [-0.05, 0) is 44.0 Å². The number of ether oxygens (including phenoxy) is 2. The maximum atomic E-state index is 12.2. The van der Waals surface area contributed by atoms with Crippen LogP contribution in [-0.4, -0.2) is 39.8 Å². The number of carbonyl (C=O) groups is 1. The number of piperidine rings is 1. The average Bonchev–Trinajstić information content (AvgIpc) is 2.52. The summed E-state index contributed by atoms with van der Waals surface area (Å²) >= 11 is 0. The van der Waals surface area contributed by atoms with Gasteiger partial charge in [-0.25, -0.2) is 0 Å². The van der Waals surface area contributed by atoms with Crippen molar-refractivity contribution in [3.63, 3.8) is 0 Å². The molecule has 0 spiro atoms. The zero-order valence-corrected chi connectivity index (χ0v) is 13.3. The lowest BCUT2D eigenvalue weighted by atomic mass is 9.99. The molecule has 118 valence electrons. The second kappa shape index (κ2) is 8.74. The molecule has 0 radical (unpaired) electrons. The largest absolute Gasteiger partial charge is 0.497 e. The van der Waals surface area contributed by atoms with Gasteiger partial charge in [-0.1, -0.05) is 0 Å². The first kappa shape index (κ1) is 17.6. The first-order valence-electron chi connectivity index (χ1n) is 6.95. The van der Waals surface area contributed by atoms with Crippen LogP contribution in [0.4, 0.5) is 0 Å². The average molecular weight is 315 g/mol. The van der Waals surface area contributed by atoms with E-state index in [1.54, 1.807) is 32.4 Å². The minimum atomic E-state index is -0.102. The predicted octanol–water partition coefficient (Wildman–Crippen LogP) is 1.85. The smallest absolute Gasteiger partial charge is 0.255 e. The van der Waals surface area contributed by atoms with Gasteiger partial charge in [-0.15, -0.1) is 12.4 Å². The van der Waals surface area contributed by atoms with Crippen molar-refractivity contribution in [3.8, 4) is 11.5 Å². The van der Waals surface area contributed by atoms with E-state index in [-0.39, 0.29) is 18.3 Å². The monoisotopic (exact) mass is 314 g/mol. The molecule has 1 saturated heterocycles. The van der Waals surface area contributed by atoms with Crippen molar-refractivity contribution < 1.29 is 14.3 Å². The van der Waals surface area contributed by atoms with Crippen molar-refractivity contribution in [1.29, 1.82) is 0 Å². The van der Waals surface area contributed by atoms with Crippen LogP contribution in [0.5, 0.6) is 11.5 Å². The van der Waals surface area contributed by atoms with Crippen molar-refractivity contribution in [2.45, 2.75) is 12.8 Å². The van der Waals surface area contributed by atoms with Crippen molar-refractivity contribution in [3.05, 3.63) is 23.8 Å². The number of methoxy groups -OCH3 is 2. The van der Waals surface area contributed by atoms with Gasteiger partial charge in [-0.2, -0.15) is 0 Å². The van der Waals surface area contributed by atoms with Crippen molar-refractivity contribution in [2.75, 3.05) is 33.9 Å². The van der Waals surface area contributed by atoms with Crippen LogP contribution < -0.4 is 20.1 Å². The molecule has 1 aromatic carbocycles. The molecule has 2 N–H and O–H groups in total. The summed E-state index contributed by atoms with van der Waals surface area (Å²) in [6.45, 7) is 2.75. The Labute approximate surface area is 131 Å². The van der Waals surface area contributed by atoms with E-state index in [4.69, 9.17) is 9.47 Å². The summed E-state index contributed by atoms with van der Waals surface area (Å²) < 4.78 is 10.4. The summed E-state index contributed by atoms with van der Waals surface area (Å²) in [5, 5.41) is 6.32. The minimum Gasteiger partial charge on any atom is -0.497 e. The Morgan fingerprint density at radius 3 is 2.81 bits per heavy atom. The van der Waals surface area contributed by atoms with Gasteiger partial charge in [0.25, 0.3) is 5.91 Å². The molecule has 1 heterocycles. The zero-order valence-electron chi connectivity index (χ0n) is 12.5. The van der Waals surface area contributed by atoms with E-state index in [9.17, 15) is 4.79 Å². The molecular weight excluding hydrogens is 292 g/mol. The zero-order chi connectivity index (χ0) is 14.4. The molecule has 1 aromatic rings. The molecule has 0 aromatic heterocycles. The summed E-state index contributed by atoms with van der Waals surface area (Å²) in [4.78, 5) is 12.2. The normalized spacial score (nSPS) is 17.5. The topological polar surface area (TPSA) is 59.6 Å². The number of hydrogen-bond acceptors (Lipinski definition) is 4. The molecule has 21 heavy (non-hydrogen) atoms. The molecule has 0 saturated carbocycles. The Hall–Kier alpha value is -1.46. The fraction of sp³-hybridized carbons (Fsp3) is 0.533. The summed E-state index contributed by atoms with van der Waals surface area (Å²) in [5.74, 6) is 1.62. The number of rotatable bonds is 5. The fourth-order valence-corrected chi connectivity index (χ4v) is 2.42. The molecule has 6 heteroatoms. The lowest BCUT2D eigenvalue weighted by Gasteiger charge is -2.23. The van der Waals surface area contributed by atoms with Crippen LogP contribution in [0.2, 0.25) is 0 Å². The molecule has 5 nitrogen and oxygen atoms in total. The first-order chi connectivity index (χ1) is 9.74. The third kappa shape index (κ3) is 4.79. The van der Waals surface area contributed by atoms with Gasteiger partial charge in [0.05, 0.1) is 19.8 Å². The van der Waals surface area contributed by atoms with Crippen molar-refractivity contribution in [1.82, 2.24) is 10.6 Å². The quantitative estimate of drug-likeness (QED) is 0.871. The summed E-state index contributed by atoms with van der Waals surface area (Å²) in [5.41, 5.74) is 0.539. The number of nitrogens with one attached hydrogen (secondary N) is 2. The molecule has 1 aliphatic heterocycles. The number of amides is 1. The Bertz CT molecular complexity index is 462. The van der Waals surface area contributed by atoms with Gasteiger partial charge in [-0.3, -0.25) is 4.79 Å². The number of carbonyl (C=O) groups excluding carboxylic acids is 1. The van der Waals surface area contributed by atoms with E-state index in [0.717, 1.165) is 19.5 Å². The van der Waals surface area contributed by atoms with E-state index in [1.807, 2.05) is 0 Å². The second-order valence-corrected chi connectivity index (χ2v) is 4.99. The first-order valence-corrected chi connectivity index (χ1v) is 6.95. The Morgan fingerprint density at radius 2 is 2.19 bits per heavy atom. The third-order valence-electron chi connectivity index (χ3n) is 3.60. The maximum Gasteiger partial charge on any atom is 0.255 e. The number of halogens is 1. The maximum absolute atomic E-state index is 12.2. The fourth-order valence-electron chi connectivity index (χ4n) is 2.42. The van der Waals surface area contributed by atoms with Crippen molar-refractivity contribution in [2.24, 2.45) is 5.92 Å². The van der Waals surface area contributed by atoms with E-state index in [2.05, 4.69) is 10.6 Å². The molecule has 1 amide bonds. The lowest BCUT2D eigenvalue weighted by molar-refractivity contribution is 0.0941. The van der Waals surface area contributed by atoms with Crippen molar-refractivity contribution >= 4 is 18.3 Å². The van der Waals surface area contributed by atoms with Crippen LogP contribution >= 0.6 is 12.4 Å². The SMILES string of the molecule is COc1ccc(C(=O)NCC2CCCNC2)c(OC)c1.Cl. The molecule has 1 unspecified atom stereocenters. The van der Waals surface area contributed by atoms with E-state index >= 15 is 0 Å². The highest BCUT2D eigenvalue weighted by atomic mass is 35.5. The highest BCUT2D eigenvalue weighted by molar-refractivity contribution is 5.97.